The normalized spacial score (nSPS) is 23.7. The maximum Gasteiger partial charge on any atom is 0.320 e. The molecule has 0 aromatic carbocycles. The van der Waals surface area contributed by atoms with Gasteiger partial charge in [-0.05, 0) is 24.7 Å². The number of hydrogen-bond acceptors (Lipinski definition) is 3. The van der Waals surface area contributed by atoms with Crippen molar-refractivity contribution >= 4 is 12.0 Å². The predicted octanol–water partition coefficient (Wildman–Crippen LogP) is 1.32. The molecule has 0 saturated carbocycles. The van der Waals surface area contributed by atoms with Gasteiger partial charge in [-0.1, -0.05) is 13.8 Å². The molecule has 2 aliphatic rings. The molecule has 6 heteroatoms. The Labute approximate surface area is 126 Å². The van der Waals surface area contributed by atoms with Gasteiger partial charge in [0.1, 0.15) is 0 Å². The van der Waals surface area contributed by atoms with E-state index in [2.05, 4.69) is 13.8 Å². The molecule has 2 saturated heterocycles. The number of nitrogens with zero attached hydrogens (tertiary/aromatic N) is 3. The van der Waals surface area contributed by atoms with Crippen LogP contribution in [0.2, 0.25) is 0 Å². The van der Waals surface area contributed by atoms with Crippen molar-refractivity contribution in [1.29, 1.82) is 0 Å². The molecule has 0 spiro atoms. The Balaban J connectivity index is 1.89. The summed E-state index contributed by atoms with van der Waals surface area (Å²) in [6.45, 7) is 8.91. The highest BCUT2D eigenvalue weighted by Gasteiger charge is 2.32. The summed E-state index contributed by atoms with van der Waals surface area (Å²) in [7, 11) is 0. The first-order valence-corrected chi connectivity index (χ1v) is 7.85. The number of rotatable bonds is 2. The lowest BCUT2D eigenvalue weighted by atomic mass is 9.84. The summed E-state index contributed by atoms with van der Waals surface area (Å²) in [5, 5.41) is 8.86. The van der Waals surface area contributed by atoms with Gasteiger partial charge in [0.2, 0.25) is 0 Å². The first kappa shape index (κ1) is 16.1. The minimum atomic E-state index is -0.799. The van der Waals surface area contributed by atoms with Crippen LogP contribution >= 0.6 is 0 Å². The standard InChI is InChI=1S/C15H27N3O3/c1-15(2)5-3-7-18(12-15)14(21)17-8-4-6-16(9-10-17)11-13(19)20/h3-12H2,1-2H3,(H,19,20). The average Bonchev–Trinajstić information content (AvgIpc) is 2.61. The molecule has 0 atom stereocenters. The lowest BCUT2D eigenvalue weighted by Gasteiger charge is -2.40. The number of carboxylic acids is 1. The Morgan fingerprint density at radius 1 is 1.00 bits per heavy atom. The molecule has 0 aromatic heterocycles. The zero-order valence-corrected chi connectivity index (χ0v) is 13.2. The van der Waals surface area contributed by atoms with Crippen LogP contribution in [0.5, 0.6) is 0 Å². The van der Waals surface area contributed by atoms with Crippen LogP contribution in [0.15, 0.2) is 0 Å². The minimum Gasteiger partial charge on any atom is -0.480 e. The summed E-state index contributed by atoms with van der Waals surface area (Å²) in [5.74, 6) is -0.799. The number of piperidine rings is 1. The Morgan fingerprint density at radius 2 is 1.71 bits per heavy atom. The van der Waals surface area contributed by atoms with Crippen molar-refractivity contribution in [2.75, 3.05) is 45.8 Å². The highest BCUT2D eigenvalue weighted by molar-refractivity contribution is 5.74. The number of carbonyl (C=O) groups excluding carboxylic acids is 1. The molecule has 0 aromatic rings. The van der Waals surface area contributed by atoms with Gasteiger partial charge in [-0.3, -0.25) is 9.69 Å². The van der Waals surface area contributed by atoms with Crippen molar-refractivity contribution in [3.05, 3.63) is 0 Å². The van der Waals surface area contributed by atoms with Crippen LogP contribution in [0.1, 0.15) is 33.1 Å². The first-order chi connectivity index (χ1) is 9.87. The van der Waals surface area contributed by atoms with E-state index in [4.69, 9.17) is 5.11 Å². The molecular weight excluding hydrogens is 270 g/mol. The zero-order chi connectivity index (χ0) is 15.5. The summed E-state index contributed by atoms with van der Waals surface area (Å²) in [5.41, 5.74) is 0.203. The smallest absolute Gasteiger partial charge is 0.320 e. The number of likely N-dealkylation sites (tertiary alicyclic amines) is 1. The third-order valence-corrected chi connectivity index (χ3v) is 4.39. The van der Waals surface area contributed by atoms with Crippen LogP contribution < -0.4 is 0 Å². The van der Waals surface area contributed by atoms with Crippen molar-refractivity contribution in [3.63, 3.8) is 0 Å². The first-order valence-electron chi connectivity index (χ1n) is 7.85. The van der Waals surface area contributed by atoms with E-state index in [0.29, 0.717) is 13.1 Å². The Morgan fingerprint density at radius 3 is 2.38 bits per heavy atom. The van der Waals surface area contributed by atoms with Crippen molar-refractivity contribution in [2.24, 2.45) is 5.41 Å². The largest absolute Gasteiger partial charge is 0.480 e. The maximum absolute atomic E-state index is 12.6. The maximum atomic E-state index is 12.6. The SMILES string of the molecule is CC1(C)CCCN(C(=O)N2CCCN(CC(=O)O)CC2)C1. The van der Waals surface area contributed by atoms with Crippen LogP contribution in [-0.2, 0) is 4.79 Å². The van der Waals surface area contributed by atoms with Crippen molar-refractivity contribution < 1.29 is 14.7 Å². The molecule has 0 aliphatic carbocycles. The highest BCUT2D eigenvalue weighted by atomic mass is 16.4. The topological polar surface area (TPSA) is 64.1 Å². The number of amides is 2. The molecule has 6 nitrogen and oxygen atoms in total. The quantitative estimate of drug-likeness (QED) is 0.835. The Hall–Kier alpha value is -1.30. The van der Waals surface area contributed by atoms with E-state index in [1.165, 1.54) is 6.42 Å². The molecule has 0 bridgehead atoms. The fourth-order valence-electron chi connectivity index (χ4n) is 3.30. The van der Waals surface area contributed by atoms with Gasteiger partial charge in [0.15, 0.2) is 0 Å². The molecule has 2 fully saturated rings. The van der Waals surface area contributed by atoms with Crippen LogP contribution in [0.3, 0.4) is 0 Å². The van der Waals surface area contributed by atoms with Gasteiger partial charge < -0.3 is 14.9 Å². The number of hydrogen-bond donors (Lipinski definition) is 1. The van der Waals surface area contributed by atoms with E-state index < -0.39 is 5.97 Å². The molecule has 0 radical (unpaired) electrons. The van der Waals surface area contributed by atoms with Crippen LogP contribution in [0.4, 0.5) is 4.79 Å². The Bertz CT molecular complexity index is 398. The molecule has 2 heterocycles. The fraction of sp³-hybridized carbons (Fsp3) is 0.867. The van der Waals surface area contributed by atoms with Crippen LogP contribution in [-0.4, -0.2) is 77.6 Å². The highest BCUT2D eigenvalue weighted by Crippen LogP contribution is 2.29. The van der Waals surface area contributed by atoms with E-state index >= 15 is 0 Å². The second-order valence-electron chi connectivity index (χ2n) is 6.98. The second kappa shape index (κ2) is 6.64. The van der Waals surface area contributed by atoms with Gasteiger partial charge >= 0.3 is 12.0 Å². The van der Waals surface area contributed by atoms with E-state index in [9.17, 15) is 9.59 Å². The number of aliphatic carboxylic acids is 1. The van der Waals surface area contributed by atoms with E-state index in [-0.39, 0.29) is 18.0 Å². The molecule has 2 rings (SSSR count). The van der Waals surface area contributed by atoms with Crippen molar-refractivity contribution in [3.8, 4) is 0 Å². The fourth-order valence-corrected chi connectivity index (χ4v) is 3.30. The van der Waals surface area contributed by atoms with Crippen LogP contribution in [0.25, 0.3) is 0 Å². The summed E-state index contributed by atoms with van der Waals surface area (Å²) >= 11 is 0. The van der Waals surface area contributed by atoms with Gasteiger partial charge in [0, 0.05) is 39.3 Å². The monoisotopic (exact) mass is 297 g/mol. The third-order valence-electron chi connectivity index (χ3n) is 4.39. The average molecular weight is 297 g/mol. The van der Waals surface area contributed by atoms with Gasteiger partial charge in [0.05, 0.1) is 6.54 Å². The van der Waals surface area contributed by atoms with Gasteiger partial charge in [-0.2, -0.15) is 0 Å². The van der Waals surface area contributed by atoms with Crippen molar-refractivity contribution in [1.82, 2.24) is 14.7 Å². The lowest BCUT2D eigenvalue weighted by Crippen LogP contribution is -2.50. The van der Waals surface area contributed by atoms with Gasteiger partial charge in [-0.25, -0.2) is 4.79 Å². The molecule has 2 aliphatic heterocycles. The predicted molar refractivity (Wildman–Crippen MR) is 80.2 cm³/mol. The van der Waals surface area contributed by atoms with Crippen LogP contribution in [0, 0.1) is 5.41 Å². The molecule has 1 N–H and O–H groups in total. The molecule has 2 amide bonds. The lowest BCUT2D eigenvalue weighted by molar-refractivity contribution is -0.138. The zero-order valence-electron chi connectivity index (χ0n) is 13.2. The summed E-state index contributed by atoms with van der Waals surface area (Å²) in [6, 6.07) is 0.125. The molecular formula is C15H27N3O3. The van der Waals surface area contributed by atoms with Crippen molar-refractivity contribution in [2.45, 2.75) is 33.1 Å². The minimum absolute atomic E-state index is 0.0682. The number of carboxylic acid groups (broad SMARTS) is 1. The third kappa shape index (κ3) is 4.59. The summed E-state index contributed by atoms with van der Waals surface area (Å²) < 4.78 is 0. The molecule has 0 unspecified atom stereocenters. The summed E-state index contributed by atoms with van der Waals surface area (Å²) in [4.78, 5) is 29.2. The van der Waals surface area contributed by atoms with E-state index in [1.54, 1.807) is 0 Å². The van der Waals surface area contributed by atoms with E-state index in [1.807, 2.05) is 14.7 Å². The van der Waals surface area contributed by atoms with E-state index in [0.717, 1.165) is 39.0 Å². The summed E-state index contributed by atoms with van der Waals surface area (Å²) in [6.07, 6.45) is 3.08. The van der Waals surface area contributed by atoms with Gasteiger partial charge in [0.25, 0.3) is 0 Å². The van der Waals surface area contributed by atoms with Gasteiger partial charge in [-0.15, -0.1) is 0 Å². The molecule has 21 heavy (non-hydrogen) atoms. The number of carbonyl (C=O) groups is 2. The second-order valence-corrected chi connectivity index (χ2v) is 6.98. The molecule has 120 valence electrons. The number of urea groups is 1. The Kier molecular flexibility index (Phi) is 5.08.